The lowest BCUT2D eigenvalue weighted by Gasteiger charge is -1.99. The fourth-order valence-corrected chi connectivity index (χ4v) is 2.07. The van der Waals surface area contributed by atoms with Crippen LogP contribution in [0.25, 0.3) is 6.08 Å². The van der Waals surface area contributed by atoms with Gasteiger partial charge in [-0.2, -0.15) is 0 Å². The van der Waals surface area contributed by atoms with Crippen LogP contribution in [0.3, 0.4) is 0 Å². The minimum atomic E-state index is -0.513. The molecule has 0 bridgehead atoms. The molecule has 0 saturated carbocycles. The van der Waals surface area contributed by atoms with Gasteiger partial charge in [0.05, 0.1) is 7.05 Å². The van der Waals surface area contributed by atoms with Gasteiger partial charge in [0.25, 0.3) is 5.91 Å². The number of allylic oxidation sites excluding steroid dienone is 1. The van der Waals surface area contributed by atoms with Gasteiger partial charge in [0.1, 0.15) is 11.4 Å². The number of nitrogens with one attached hydrogen (secondary N) is 2. The van der Waals surface area contributed by atoms with E-state index >= 15 is 0 Å². The number of rotatable bonds is 4. The lowest BCUT2D eigenvalue weighted by molar-refractivity contribution is -0.119. The number of hydrogen-bond donors (Lipinski definition) is 2. The molecule has 0 saturated heterocycles. The van der Waals surface area contributed by atoms with E-state index in [-0.39, 0.29) is 5.70 Å². The van der Waals surface area contributed by atoms with Crippen molar-refractivity contribution in [1.82, 2.24) is 15.3 Å². The smallest absolute Gasteiger partial charge is 0.318 e. The second-order valence-electron chi connectivity index (χ2n) is 4.92. The SMILES string of the molecule is CNC1=[N+]=CC(C2=NC(=O)C(NC(=O)/C=C/c3ccccc3)=C2)=N1. The molecule has 0 spiro atoms. The number of benzene rings is 1. The summed E-state index contributed by atoms with van der Waals surface area (Å²) >= 11 is 0. The van der Waals surface area contributed by atoms with Crippen LogP contribution in [0.1, 0.15) is 5.56 Å². The first kappa shape index (κ1) is 15.3. The average Bonchev–Trinajstić information content (AvgIpc) is 3.21. The normalized spacial score (nSPS) is 16.0. The Morgan fingerprint density at radius 1 is 1.17 bits per heavy atom. The van der Waals surface area contributed by atoms with Crippen LogP contribution in [0.2, 0.25) is 0 Å². The van der Waals surface area contributed by atoms with E-state index in [1.54, 1.807) is 13.1 Å². The van der Waals surface area contributed by atoms with Crippen molar-refractivity contribution >= 4 is 41.5 Å². The van der Waals surface area contributed by atoms with Gasteiger partial charge in [0, 0.05) is 6.08 Å². The number of aliphatic imine (C=N–C) groups is 2. The maximum atomic E-state index is 11.9. The van der Waals surface area contributed by atoms with Gasteiger partial charge in [-0.05, 0) is 17.7 Å². The molecule has 0 aliphatic carbocycles. The summed E-state index contributed by atoms with van der Waals surface area (Å²) in [7, 11) is 1.70. The third-order valence-electron chi connectivity index (χ3n) is 3.24. The van der Waals surface area contributed by atoms with Gasteiger partial charge in [0.15, 0.2) is 0 Å². The highest BCUT2D eigenvalue weighted by atomic mass is 16.2. The second kappa shape index (κ2) is 6.68. The van der Waals surface area contributed by atoms with Gasteiger partial charge in [-0.15, -0.1) is 0 Å². The molecule has 7 heteroatoms. The molecule has 3 rings (SSSR count). The molecule has 0 atom stereocenters. The van der Waals surface area contributed by atoms with Gasteiger partial charge in [-0.1, -0.05) is 35.3 Å². The van der Waals surface area contributed by atoms with Crippen molar-refractivity contribution < 1.29 is 9.59 Å². The molecule has 24 heavy (non-hydrogen) atoms. The Labute approximate surface area is 138 Å². The zero-order chi connectivity index (χ0) is 16.9. The summed E-state index contributed by atoms with van der Waals surface area (Å²) in [5.74, 6) is -0.475. The molecule has 0 unspecified atom stereocenters. The molecule has 1 aromatic carbocycles. The lowest BCUT2D eigenvalue weighted by atomic mass is 10.2. The molecule has 2 heterocycles. The molecular formula is C17H14N5O2+. The van der Waals surface area contributed by atoms with E-state index in [0.29, 0.717) is 17.4 Å². The summed E-state index contributed by atoms with van der Waals surface area (Å²) in [5.41, 5.74) is 1.85. The van der Waals surface area contributed by atoms with Crippen LogP contribution < -0.4 is 15.3 Å². The molecule has 2 amide bonds. The predicted octanol–water partition coefficient (Wildman–Crippen LogP) is -0.151. The van der Waals surface area contributed by atoms with E-state index in [2.05, 4.69) is 25.3 Å². The van der Waals surface area contributed by atoms with Crippen molar-refractivity contribution in [3.05, 3.63) is 53.7 Å². The highest BCUT2D eigenvalue weighted by molar-refractivity contribution is 6.68. The van der Waals surface area contributed by atoms with Crippen LogP contribution in [0.5, 0.6) is 0 Å². The zero-order valence-corrected chi connectivity index (χ0v) is 12.9. The third kappa shape index (κ3) is 3.43. The van der Waals surface area contributed by atoms with Gasteiger partial charge >= 0.3 is 5.96 Å². The number of nitrogens with zero attached hydrogens (tertiary/aromatic N) is 3. The van der Waals surface area contributed by atoms with Crippen LogP contribution in [-0.2, 0) is 9.59 Å². The van der Waals surface area contributed by atoms with E-state index in [1.165, 1.54) is 18.4 Å². The van der Waals surface area contributed by atoms with Crippen molar-refractivity contribution in [3.8, 4) is 0 Å². The van der Waals surface area contributed by atoms with Crippen LogP contribution in [-0.4, -0.2) is 42.5 Å². The van der Waals surface area contributed by atoms with E-state index in [9.17, 15) is 9.59 Å². The summed E-state index contributed by atoms with van der Waals surface area (Å²) in [5, 5.41) is 5.32. The number of guanidine groups is 1. The Hall–Kier alpha value is -3.57. The Bertz CT molecular complexity index is 885. The number of amides is 2. The summed E-state index contributed by atoms with van der Waals surface area (Å²) in [6, 6.07) is 9.39. The molecule has 118 valence electrons. The number of carbonyl (C=O) groups is 2. The highest BCUT2D eigenvalue weighted by Gasteiger charge is 2.27. The molecule has 0 fully saturated rings. The van der Waals surface area contributed by atoms with Gasteiger partial charge < -0.3 is 5.32 Å². The van der Waals surface area contributed by atoms with Crippen molar-refractivity contribution in [2.75, 3.05) is 7.05 Å². The van der Waals surface area contributed by atoms with Crippen molar-refractivity contribution in [2.24, 2.45) is 9.98 Å². The summed E-state index contributed by atoms with van der Waals surface area (Å²) in [6.07, 6.45) is 6.02. The Kier molecular flexibility index (Phi) is 4.27. The third-order valence-corrected chi connectivity index (χ3v) is 3.24. The molecule has 2 aliphatic heterocycles. The fraction of sp³-hybridized carbons (Fsp3) is 0.0588. The summed E-state index contributed by atoms with van der Waals surface area (Å²) in [4.78, 5) is 31.9. The molecule has 2 aliphatic rings. The first-order chi connectivity index (χ1) is 11.7. The van der Waals surface area contributed by atoms with E-state index < -0.39 is 11.8 Å². The Morgan fingerprint density at radius 3 is 2.67 bits per heavy atom. The fourth-order valence-electron chi connectivity index (χ4n) is 2.07. The maximum Gasteiger partial charge on any atom is 0.480 e. The summed E-state index contributed by atoms with van der Waals surface area (Å²) < 4.78 is 4.01. The van der Waals surface area contributed by atoms with Crippen LogP contribution in [0.15, 0.2) is 58.2 Å². The first-order valence-electron chi connectivity index (χ1n) is 7.22. The minimum absolute atomic E-state index is 0.113. The summed E-state index contributed by atoms with van der Waals surface area (Å²) in [6.45, 7) is 0. The second-order valence-corrected chi connectivity index (χ2v) is 4.92. The van der Waals surface area contributed by atoms with E-state index in [4.69, 9.17) is 0 Å². The van der Waals surface area contributed by atoms with Gasteiger partial charge in [-0.3, -0.25) is 14.9 Å². The molecule has 1 aromatic rings. The van der Waals surface area contributed by atoms with E-state index in [1.807, 2.05) is 30.3 Å². The largest absolute Gasteiger partial charge is 0.480 e. The van der Waals surface area contributed by atoms with Gasteiger partial charge in [-0.25, -0.2) is 9.66 Å². The lowest BCUT2D eigenvalue weighted by Crippen LogP contribution is -2.23. The maximum absolute atomic E-state index is 11.9. The topological polar surface area (TPSA) is 97.0 Å². The minimum Gasteiger partial charge on any atom is -0.318 e. The highest BCUT2D eigenvalue weighted by Crippen LogP contribution is 2.07. The monoisotopic (exact) mass is 320 g/mol. The molecule has 7 nitrogen and oxygen atoms in total. The van der Waals surface area contributed by atoms with Crippen LogP contribution in [0, 0.1) is 0 Å². The van der Waals surface area contributed by atoms with Crippen LogP contribution in [0.4, 0.5) is 0 Å². The number of carbonyl (C=O) groups excluding carboxylic acids is 2. The predicted molar refractivity (Wildman–Crippen MR) is 93.8 cm³/mol. The van der Waals surface area contributed by atoms with Crippen molar-refractivity contribution in [2.45, 2.75) is 0 Å². The molecule has 0 aromatic heterocycles. The van der Waals surface area contributed by atoms with Crippen molar-refractivity contribution in [1.29, 1.82) is 0 Å². The van der Waals surface area contributed by atoms with Gasteiger partial charge in [0.2, 0.25) is 17.8 Å². The average molecular weight is 320 g/mol. The molecular weight excluding hydrogens is 306 g/mol. The Balaban J connectivity index is 1.65. The zero-order valence-electron chi connectivity index (χ0n) is 12.9. The Morgan fingerprint density at radius 2 is 1.96 bits per heavy atom. The van der Waals surface area contributed by atoms with Crippen molar-refractivity contribution in [3.63, 3.8) is 0 Å². The molecule has 2 N–H and O–H groups in total. The van der Waals surface area contributed by atoms with Crippen LogP contribution >= 0.6 is 0 Å². The first-order valence-corrected chi connectivity index (χ1v) is 7.22. The molecule has 0 radical (unpaired) electrons. The standard InChI is InChI=1S/C17H13N5O2/c1-18-17-19-10-14(22-17)12-9-13(16(24)21-12)20-15(23)8-7-11-5-3-2-4-6-11/h2-10H,1H3,(H,20,21,23,24)/p+1/b8-7+. The number of hydrogen-bond acceptors (Lipinski definition) is 4. The van der Waals surface area contributed by atoms with E-state index in [0.717, 1.165) is 5.56 Å². The quantitative estimate of drug-likeness (QED) is 0.596.